The van der Waals surface area contributed by atoms with E-state index in [0.717, 1.165) is 74.0 Å². The molecular formula is C20H28ClN5. The fourth-order valence-electron chi connectivity index (χ4n) is 4.19. The maximum absolute atomic E-state index is 6.59. The molecule has 0 saturated carbocycles. The third-order valence-corrected chi connectivity index (χ3v) is 5.89. The molecule has 0 spiro atoms. The molecule has 0 aliphatic carbocycles. The number of rotatable bonds is 4. The molecule has 1 aromatic heterocycles. The number of pyridine rings is 1. The lowest BCUT2D eigenvalue weighted by Crippen LogP contribution is -2.44. The minimum Gasteiger partial charge on any atom is -0.371 e. The number of benzene rings is 1. The van der Waals surface area contributed by atoms with Crippen molar-refractivity contribution in [1.29, 1.82) is 0 Å². The van der Waals surface area contributed by atoms with Crippen molar-refractivity contribution in [3.63, 3.8) is 0 Å². The summed E-state index contributed by atoms with van der Waals surface area (Å²) in [6.45, 7) is 6.86. The van der Waals surface area contributed by atoms with Gasteiger partial charge in [-0.2, -0.15) is 0 Å². The molecule has 26 heavy (non-hydrogen) atoms. The van der Waals surface area contributed by atoms with E-state index in [9.17, 15) is 0 Å². The first-order valence-corrected chi connectivity index (χ1v) is 10.1. The van der Waals surface area contributed by atoms with E-state index in [2.05, 4.69) is 39.4 Å². The van der Waals surface area contributed by atoms with Crippen LogP contribution in [0, 0.1) is 5.92 Å². The predicted octanol–water partition coefficient (Wildman–Crippen LogP) is 2.86. The predicted molar refractivity (Wildman–Crippen MR) is 110 cm³/mol. The van der Waals surface area contributed by atoms with Gasteiger partial charge in [-0.3, -0.25) is 0 Å². The molecule has 2 aliphatic heterocycles. The first-order valence-electron chi connectivity index (χ1n) is 9.75. The van der Waals surface area contributed by atoms with E-state index in [0.29, 0.717) is 5.92 Å². The number of nitrogens with zero attached hydrogens (tertiary/aromatic N) is 3. The molecule has 1 unspecified atom stereocenters. The van der Waals surface area contributed by atoms with Gasteiger partial charge < -0.3 is 20.9 Å². The summed E-state index contributed by atoms with van der Waals surface area (Å²) in [7, 11) is 0. The normalized spacial score (nSPS) is 21.4. The molecule has 5 nitrogen and oxygen atoms in total. The highest BCUT2D eigenvalue weighted by atomic mass is 35.5. The number of halogens is 1. The van der Waals surface area contributed by atoms with Crippen molar-refractivity contribution in [3.05, 3.63) is 29.3 Å². The van der Waals surface area contributed by atoms with Crippen LogP contribution < -0.4 is 20.9 Å². The second-order valence-corrected chi connectivity index (χ2v) is 7.85. The molecule has 0 bridgehead atoms. The summed E-state index contributed by atoms with van der Waals surface area (Å²) in [6, 6.07) is 8.65. The second-order valence-electron chi connectivity index (χ2n) is 7.44. The van der Waals surface area contributed by atoms with Gasteiger partial charge in [0.05, 0.1) is 10.5 Å². The smallest absolute Gasteiger partial charge is 0.148 e. The Balaban J connectivity index is 1.59. The Bertz CT molecular complexity index is 757. The van der Waals surface area contributed by atoms with E-state index < -0.39 is 0 Å². The second kappa shape index (κ2) is 7.99. The quantitative estimate of drug-likeness (QED) is 0.863. The number of piperidine rings is 1. The Kier molecular flexibility index (Phi) is 5.48. The third kappa shape index (κ3) is 3.75. The number of nitrogens with two attached hydrogens (primary N) is 1. The maximum Gasteiger partial charge on any atom is 0.148 e. The molecule has 0 amide bonds. The molecule has 1 aromatic carbocycles. The Morgan fingerprint density at radius 3 is 2.81 bits per heavy atom. The number of hydrogen-bond donors (Lipinski definition) is 2. The van der Waals surface area contributed by atoms with Gasteiger partial charge in [-0.15, -0.1) is 0 Å². The number of anilines is 2. The van der Waals surface area contributed by atoms with Crippen LogP contribution in [0.5, 0.6) is 0 Å². The van der Waals surface area contributed by atoms with E-state index >= 15 is 0 Å². The molecule has 2 aromatic rings. The zero-order chi connectivity index (χ0) is 17.9. The van der Waals surface area contributed by atoms with Crippen molar-refractivity contribution in [2.75, 3.05) is 55.6 Å². The van der Waals surface area contributed by atoms with Crippen LogP contribution in [0.4, 0.5) is 11.5 Å². The minimum absolute atomic E-state index is 0.709. The summed E-state index contributed by atoms with van der Waals surface area (Å²) in [5.74, 6) is 1.62. The molecule has 0 radical (unpaired) electrons. The van der Waals surface area contributed by atoms with Gasteiger partial charge in [0.15, 0.2) is 0 Å². The lowest BCUT2D eigenvalue weighted by atomic mass is 9.94. The van der Waals surface area contributed by atoms with Crippen molar-refractivity contribution >= 4 is 34.0 Å². The molecule has 4 rings (SSSR count). The summed E-state index contributed by atoms with van der Waals surface area (Å²) in [4.78, 5) is 9.62. The van der Waals surface area contributed by atoms with Crippen molar-refractivity contribution in [1.82, 2.24) is 10.3 Å². The maximum atomic E-state index is 6.59. The lowest BCUT2D eigenvalue weighted by Gasteiger charge is -2.34. The molecule has 140 valence electrons. The largest absolute Gasteiger partial charge is 0.371 e. The molecule has 3 N–H and O–H groups in total. The van der Waals surface area contributed by atoms with Crippen LogP contribution in [-0.2, 0) is 0 Å². The fraction of sp³-hybridized carbons (Fsp3) is 0.550. The van der Waals surface area contributed by atoms with E-state index in [1.165, 1.54) is 18.5 Å². The van der Waals surface area contributed by atoms with Crippen molar-refractivity contribution < 1.29 is 0 Å². The van der Waals surface area contributed by atoms with Crippen molar-refractivity contribution in [2.45, 2.75) is 19.3 Å². The molecule has 6 heteroatoms. The summed E-state index contributed by atoms with van der Waals surface area (Å²) in [6.07, 6.45) is 3.65. The SMILES string of the molecule is NCCC1CCCN(c2ccc3nc(N4CCNCC4)c(Cl)cc3c2)C1. The summed E-state index contributed by atoms with van der Waals surface area (Å²) < 4.78 is 0. The van der Waals surface area contributed by atoms with Crippen LogP contribution in [0.15, 0.2) is 24.3 Å². The third-order valence-electron chi connectivity index (χ3n) is 5.61. The van der Waals surface area contributed by atoms with Crippen molar-refractivity contribution in [3.8, 4) is 0 Å². The summed E-state index contributed by atoms with van der Waals surface area (Å²) in [5, 5.41) is 5.24. The monoisotopic (exact) mass is 373 g/mol. The molecule has 2 saturated heterocycles. The van der Waals surface area contributed by atoms with E-state index in [1.54, 1.807) is 0 Å². The first-order chi connectivity index (χ1) is 12.7. The molecule has 2 fully saturated rings. The Labute approximate surface area is 160 Å². The summed E-state index contributed by atoms with van der Waals surface area (Å²) >= 11 is 6.59. The standard InChI is InChI=1S/C20H28ClN5/c21-18-13-16-12-17(26-9-1-2-15(14-26)5-6-22)3-4-19(16)24-20(18)25-10-7-23-8-11-25/h3-4,12-13,15,23H,1-2,5-11,14,22H2. The van der Waals surface area contributed by atoms with Crippen LogP contribution in [-0.4, -0.2) is 50.8 Å². The van der Waals surface area contributed by atoms with Crippen LogP contribution in [0.3, 0.4) is 0 Å². The summed E-state index contributed by atoms with van der Waals surface area (Å²) in [5.41, 5.74) is 8.05. The minimum atomic E-state index is 0.709. The van der Waals surface area contributed by atoms with Crippen LogP contribution >= 0.6 is 11.6 Å². The van der Waals surface area contributed by atoms with Gasteiger partial charge in [0.25, 0.3) is 0 Å². The van der Waals surface area contributed by atoms with Crippen molar-refractivity contribution in [2.24, 2.45) is 11.7 Å². The average molecular weight is 374 g/mol. The fourth-order valence-corrected chi connectivity index (χ4v) is 4.47. The van der Waals surface area contributed by atoms with Gasteiger partial charge in [-0.1, -0.05) is 11.6 Å². The zero-order valence-corrected chi connectivity index (χ0v) is 16.0. The van der Waals surface area contributed by atoms with E-state index in [1.807, 2.05) is 0 Å². The van der Waals surface area contributed by atoms with Crippen LogP contribution in [0.2, 0.25) is 5.02 Å². The first kappa shape index (κ1) is 17.8. The highest BCUT2D eigenvalue weighted by Gasteiger charge is 2.20. The Hall–Kier alpha value is -1.56. The topological polar surface area (TPSA) is 57.4 Å². The van der Waals surface area contributed by atoms with Gasteiger partial charge in [-0.25, -0.2) is 4.98 Å². The highest BCUT2D eigenvalue weighted by Crippen LogP contribution is 2.32. The van der Waals surface area contributed by atoms with Crippen LogP contribution in [0.25, 0.3) is 10.9 Å². The lowest BCUT2D eigenvalue weighted by molar-refractivity contribution is 0.396. The average Bonchev–Trinajstić information content (AvgIpc) is 2.68. The highest BCUT2D eigenvalue weighted by molar-refractivity contribution is 6.33. The van der Waals surface area contributed by atoms with Gasteiger partial charge in [-0.05, 0) is 56.0 Å². The zero-order valence-electron chi connectivity index (χ0n) is 15.3. The molecule has 1 atom stereocenters. The van der Waals surface area contributed by atoms with Crippen LogP contribution in [0.1, 0.15) is 19.3 Å². The number of aromatic nitrogens is 1. The Morgan fingerprint density at radius 2 is 2.00 bits per heavy atom. The molecular weight excluding hydrogens is 346 g/mol. The van der Waals surface area contributed by atoms with Gasteiger partial charge in [0.1, 0.15) is 5.82 Å². The van der Waals surface area contributed by atoms with Gasteiger partial charge in [0.2, 0.25) is 0 Å². The number of nitrogens with one attached hydrogen (secondary N) is 1. The van der Waals surface area contributed by atoms with E-state index in [4.69, 9.17) is 22.3 Å². The molecule has 2 aliphatic rings. The number of fused-ring (bicyclic) bond motifs is 1. The molecule has 3 heterocycles. The van der Waals surface area contributed by atoms with Gasteiger partial charge in [0, 0.05) is 50.3 Å². The van der Waals surface area contributed by atoms with E-state index in [-0.39, 0.29) is 0 Å². The van der Waals surface area contributed by atoms with Gasteiger partial charge >= 0.3 is 0 Å². The number of piperazine rings is 1. The number of hydrogen-bond acceptors (Lipinski definition) is 5. The Morgan fingerprint density at radius 1 is 1.15 bits per heavy atom.